The standard InChI is InChI=1S/C18H19N3O2/c1-10-14(8-16(21(10)2)11-3-4-11)18(23)20-13-6-5-12-9-19-17(22)15(12)7-13/h5-8,11H,3-4,9H2,1-2H3,(H,19,22)(H,20,23). The number of carbonyl (C=O) groups excluding carboxylic acids is 2. The first kappa shape index (κ1) is 14.1. The van der Waals surface area contributed by atoms with Gasteiger partial charge in [0.25, 0.3) is 11.8 Å². The maximum atomic E-state index is 12.6. The predicted octanol–water partition coefficient (Wildman–Crippen LogP) is 2.71. The van der Waals surface area contributed by atoms with Crippen LogP contribution < -0.4 is 10.6 Å². The van der Waals surface area contributed by atoms with Gasteiger partial charge < -0.3 is 15.2 Å². The summed E-state index contributed by atoms with van der Waals surface area (Å²) in [6.45, 7) is 2.53. The molecule has 4 rings (SSSR count). The van der Waals surface area contributed by atoms with Gasteiger partial charge in [-0.15, -0.1) is 0 Å². The molecule has 2 aliphatic rings. The highest BCUT2D eigenvalue weighted by molar-refractivity contribution is 6.06. The van der Waals surface area contributed by atoms with Crippen LogP contribution in [0.4, 0.5) is 5.69 Å². The van der Waals surface area contributed by atoms with Crippen LogP contribution in [0.15, 0.2) is 24.3 Å². The molecule has 2 aromatic rings. The van der Waals surface area contributed by atoms with Gasteiger partial charge in [-0.05, 0) is 49.4 Å². The normalized spacial score (nSPS) is 16.2. The van der Waals surface area contributed by atoms with Gasteiger partial charge in [-0.1, -0.05) is 6.07 Å². The van der Waals surface area contributed by atoms with Crippen molar-refractivity contribution in [2.45, 2.75) is 32.2 Å². The van der Waals surface area contributed by atoms with Gasteiger partial charge in [0, 0.05) is 36.2 Å². The van der Waals surface area contributed by atoms with E-state index < -0.39 is 0 Å². The molecule has 23 heavy (non-hydrogen) atoms. The van der Waals surface area contributed by atoms with E-state index in [2.05, 4.69) is 15.2 Å². The van der Waals surface area contributed by atoms with E-state index in [1.165, 1.54) is 18.5 Å². The summed E-state index contributed by atoms with van der Waals surface area (Å²) in [4.78, 5) is 24.3. The monoisotopic (exact) mass is 309 g/mol. The Labute approximate surface area is 134 Å². The van der Waals surface area contributed by atoms with Crippen molar-refractivity contribution in [3.05, 3.63) is 52.3 Å². The van der Waals surface area contributed by atoms with Crippen LogP contribution in [0.2, 0.25) is 0 Å². The maximum absolute atomic E-state index is 12.6. The molecule has 118 valence electrons. The average molecular weight is 309 g/mol. The van der Waals surface area contributed by atoms with E-state index in [1.807, 2.05) is 32.2 Å². The van der Waals surface area contributed by atoms with Crippen LogP contribution in [0, 0.1) is 6.92 Å². The summed E-state index contributed by atoms with van der Waals surface area (Å²) in [6.07, 6.45) is 2.41. The Morgan fingerprint density at radius 1 is 1.30 bits per heavy atom. The highest BCUT2D eigenvalue weighted by Crippen LogP contribution is 2.41. The lowest BCUT2D eigenvalue weighted by Gasteiger charge is -2.07. The minimum atomic E-state index is -0.122. The lowest BCUT2D eigenvalue weighted by molar-refractivity contribution is 0.0964. The van der Waals surface area contributed by atoms with E-state index in [4.69, 9.17) is 0 Å². The molecule has 2 amide bonds. The molecule has 2 heterocycles. The number of hydrogen-bond acceptors (Lipinski definition) is 2. The molecule has 5 heteroatoms. The lowest BCUT2D eigenvalue weighted by atomic mass is 10.1. The van der Waals surface area contributed by atoms with Crippen molar-refractivity contribution in [1.82, 2.24) is 9.88 Å². The molecule has 1 fully saturated rings. The zero-order valence-corrected chi connectivity index (χ0v) is 13.3. The Balaban J connectivity index is 1.60. The van der Waals surface area contributed by atoms with Gasteiger partial charge in [-0.25, -0.2) is 0 Å². The van der Waals surface area contributed by atoms with Crippen molar-refractivity contribution in [3.63, 3.8) is 0 Å². The number of hydrogen-bond donors (Lipinski definition) is 2. The number of benzene rings is 1. The summed E-state index contributed by atoms with van der Waals surface area (Å²) < 4.78 is 2.11. The summed E-state index contributed by atoms with van der Waals surface area (Å²) in [5.74, 6) is 0.398. The molecule has 0 unspecified atom stereocenters. The quantitative estimate of drug-likeness (QED) is 0.915. The number of amides is 2. The van der Waals surface area contributed by atoms with Crippen LogP contribution >= 0.6 is 0 Å². The van der Waals surface area contributed by atoms with Gasteiger partial charge in [0.1, 0.15) is 0 Å². The summed E-state index contributed by atoms with van der Waals surface area (Å²) in [5, 5.41) is 5.70. The number of aromatic nitrogens is 1. The van der Waals surface area contributed by atoms with Crippen molar-refractivity contribution in [3.8, 4) is 0 Å². The number of carbonyl (C=O) groups is 2. The van der Waals surface area contributed by atoms with Gasteiger partial charge >= 0.3 is 0 Å². The van der Waals surface area contributed by atoms with Crippen LogP contribution in [0.3, 0.4) is 0 Å². The minimum absolute atomic E-state index is 0.0805. The van der Waals surface area contributed by atoms with Gasteiger partial charge in [0.2, 0.25) is 0 Å². The highest BCUT2D eigenvalue weighted by Gasteiger charge is 2.29. The molecule has 0 bridgehead atoms. The third-order valence-corrected chi connectivity index (χ3v) is 4.86. The Hall–Kier alpha value is -2.56. The van der Waals surface area contributed by atoms with E-state index >= 15 is 0 Å². The Bertz CT molecular complexity index is 831. The van der Waals surface area contributed by atoms with E-state index in [-0.39, 0.29) is 11.8 Å². The molecule has 0 spiro atoms. The Kier molecular flexibility index (Phi) is 3.04. The SMILES string of the molecule is Cc1c(C(=O)Nc2ccc3c(c2)C(=O)NC3)cc(C2CC2)n1C. The topological polar surface area (TPSA) is 63.1 Å². The summed E-state index contributed by atoms with van der Waals surface area (Å²) in [6, 6.07) is 7.48. The molecule has 1 aromatic heterocycles. The molecule has 1 aliphatic carbocycles. The molecule has 0 atom stereocenters. The largest absolute Gasteiger partial charge is 0.351 e. The number of nitrogens with zero attached hydrogens (tertiary/aromatic N) is 1. The van der Waals surface area contributed by atoms with Crippen LogP contribution in [-0.4, -0.2) is 16.4 Å². The third-order valence-electron chi connectivity index (χ3n) is 4.86. The molecular weight excluding hydrogens is 290 g/mol. The van der Waals surface area contributed by atoms with Crippen molar-refractivity contribution in [2.24, 2.45) is 7.05 Å². The second kappa shape index (κ2) is 4.98. The molecule has 1 aliphatic heterocycles. The first-order valence-electron chi connectivity index (χ1n) is 7.93. The van der Waals surface area contributed by atoms with E-state index in [0.29, 0.717) is 29.3 Å². The van der Waals surface area contributed by atoms with Crippen LogP contribution in [0.5, 0.6) is 0 Å². The smallest absolute Gasteiger partial charge is 0.257 e. The first-order chi connectivity index (χ1) is 11.0. The fourth-order valence-corrected chi connectivity index (χ4v) is 3.21. The number of nitrogens with one attached hydrogen (secondary N) is 2. The average Bonchev–Trinajstić information content (AvgIpc) is 3.25. The predicted molar refractivity (Wildman–Crippen MR) is 87.7 cm³/mol. The lowest BCUT2D eigenvalue weighted by Crippen LogP contribution is -2.14. The Morgan fingerprint density at radius 2 is 2.09 bits per heavy atom. The second-order valence-corrected chi connectivity index (χ2v) is 6.41. The Morgan fingerprint density at radius 3 is 2.83 bits per heavy atom. The van der Waals surface area contributed by atoms with Crippen LogP contribution in [0.25, 0.3) is 0 Å². The van der Waals surface area contributed by atoms with Gasteiger partial charge in [0.15, 0.2) is 0 Å². The number of fused-ring (bicyclic) bond motifs is 1. The van der Waals surface area contributed by atoms with Gasteiger partial charge in [0.05, 0.1) is 5.56 Å². The zero-order chi connectivity index (χ0) is 16.1. The molecule has 0 saturated heterocycles. The minimum Gasteiger partial charge on any atom is -0.351 e. The number of anilines is 1. The fraction of sp³-hybridized carbons (Fsp3) is 0.333. The van der Waals surface area contributed by atoms with Gasteiger partial charge in [-0.2, -0.15) is 0 Å². The van der Waals surface area contributed by atoms with E-state index in [9.17, 15) is 9.59 Å². The number of rotatable bonds is 3. The van der Waals surface area contributed by atoms with Crippen molar-refractivity contribution >= 4 is 17.5 Å². The maximum Gasteiger partial charge on any atom is 0.257 e. The van der Waals surface area contributed by atoms with Crippen LogP contribution in [0.1, 0.15) is 56.4 Å². The zero-order valence-electron chi connectivity index (χ0n) is 13.3. The van der Waals surface area contributed by atoms with E-state index in [1.54, 1.807) is 6.07 Å². The highest BCUT2D eigenvalue weighted by atomic mass is 16.2. The third kappa shape index (κ3) is 2.32. The van der Waals surface area contributed by atoms with Crippen molar-refractivity contribution in [1.29, 1.82) is 0 Å². The summed E-state index contributed by atoms with van der Waals surface area (Å²) >= 11 is 0. The second-order valence-electron chi connectivity index (χ2n) is 6.41. The molecular formula is C18H19N3O2. The van der Waals surface area contributed by atoms with Gasteiger partial charge in [-0.3, -0.25) is 9.59 Å². The summed E-state index contributed by atoms with van der Waals surface area (Å²) in [5.41, 5.74) is 5.19. The molecule has 0 radical (unpaired) electrons. The summed E-state index contributed by atoms with van der Waals surface area (Å²) in [7, 11) is 2.01. The van der Waals surface area contributed by atoms with Crippen LogP contribution in [-0.2, 0) is 13.6 Å². The fourth-order valence-electron chi connectivity index (χ4n) is 3.21. The van der Waals surface area contributed by atoms with Crippen molar-refractivity contribution in [2.75, 3.05) is 5.32 Å². The molecule has 1 aromatic carbocycles. The molecule has 2 N–H and O–H groups in total. The molecule has 5 nitrogen and oxygen atoms in total. The van der Waals surface area contributed by atoms with Crippen molar-refractivity contribution < 1.29 is 9.59 Å². The van der Waals surface area contributed by atoms with E-state index in [0.717, 1.165) is 11.3 Å². The first-order valence-corrected chi connectivity index (χ1v) is 7.93. The molecule has 1 saturated carbocycles.